The molecule has 0 aromatic carbocycles. The van der Waals surface area contributed by atoms with Gasteiger partial charge in [-0.05, 0) is 33.4 Å². The summed E-state index contributed by atoms with van der Waals surface area (Å²) in [7, 11) is 4.32. The first kappa shape index (κ1) is 9.77. The quantitative estimate of drug-likeness (QED) is 0.668. The second kappa shape index (κ2) is 3.77. The lowest BCUT2D eigenvalue weighted by Crippen LogP contribution is -2.47. The molecule has 0 aromatic rings. The van der Waals surface area contributed by atoms with Crippen LogP contribution in [0.2, 0.25) is 0 Å². The van der Waals surface area contributed by atoms with Crippen molar-refractivity contribution in [3.63, 3.8) is 0 Å². The highest BCUT2D eigenvalue weighted by molar-refractivity contribution is 5.80. The molecule has 0 saturated heterocycles. The van der Waals surface area contributed by atoms with Crippen LogP contribution in [0.4, 0.5) is 0 Å². The average Bonchev–Trinajstić information content (AvgIpc) is 2.97. The van der Waals surface area contributed by atoms with Gasteiger partial charge in [0, 0.05) is 25.2 Å². The van der Waals surface area contributed by atoms with Gasteiger partial charge in [-0.15, -0.1) is 0 Å². The smallest absolute Gasteiger partial charge is 0.191 e. The van der Waals surface area contributed by atoms with Gasteiger partial charge in [0.15, 0.2) is 5.96 Å². The fourth-order valence-corrected chi connectivity index (χ4v) is 1.83. The van der Waals surface area contributed by atoms with Crippen molar-refractivity contribution >= 4 is 5.96 Å². The summed E-state index contributed by atoms with van der Waals surface area (Å²) >= 11 is 0. The Morgan fingerprint density at radius 3 is 2.79 bits per heavy atom. The molecule has 4 nitrogen and oxygen atoms in total. The number of rotatable bonds is 3. The summed E-state index contributed by atoms with van der Waals surface area (Å²) in [5, 5.41) is 6.68. The molecule has 2 N–H and O–H groups in total. The van der Waals surface area contributed by atoms with Crippen LogP contribution in [0.3, 0.4) is 0 Å². The average molecular weight is 196 g/mol. The lowest BCUT2D eigenvalue weighted by molar-refractivity contribution is 0.270. The fourth-order valence-electron chi connectivity index (χ4n) is 1.83. The number of guanidine groups is 1. The predicted octanol–water partition coefficient (Wildman–Crippen LogP) is 0.0195. The number of hydrogen-bond acceptors (Lipinski definition) is 4. The van der Waals surface area contributed by atoms with Crippen LogP contribution >= 0.6 is 0 Å². The van der Waals surface area contributed by atoms with Crippen molar-refractivity contribution in [2.75, 3.05) is 33.7 Å². The van der Waals surface area contributed by atoms with Gasteiger partial charge in [0.05, 0.1) is 0 Å². The number of aliphatic imine (C=N–C) groups is 1. The third-order valence-electron chi connectivity index (χ3n) is 3.26. The highest BCUT2D eigenvalue weighted by atomic mass is 15.2. The summed E-state index contributed by atoms with van der Waals surface area (Å²) in [4.78, 5) is 6.72. The van der Waals surface area contributed by atoms with Crippen molar-refractivity contribution in [2.24, 2.45) is 4.99 Å². The molecule has 80 valence electrons. The SMILES string of the molecule is CN(C)C1(CNC2=NCCCN2)CC1. The molecule has 0 unspecified atom stereocenters. The van der Waals surface area contributed by atoms with Gasteiger partial charge in [0.2, 0.25) is 0 Å². The third-order valence-corrected chi connectivity index (χ3v) is 3.26. The van der Waals surface area contributed by atoms with Gasteiger partial charge >= 0.3 is 0 Å². The molecule has 4 heteroatoms. The Morgan fingerprint density at radius 2 is 2.29 bits per heavy atom. The zero-order valence-electron chi connectivity index (χ0n) is 9.14. The Balaban J connectivity index is 1.79. The van der Waals surface area contributed by atoms with E-state index in [1.165, 1.54) is 12.8 Å². The van der Waals surface area contributed by atoms with Crippen molar-refractivity contribution in [2.45, 2.75) is 24.8 Å². The maximum absolute atomic E-state index is 4.40. The van der Waals surface area contributed by atoms with E-state index >= 15 is 0 Å². The van der Waals surface area contributed by atoms with Crippen molar-refractivity contribution in [1.29, 1.82) is 0 Å². The molecule has 0 bridgehead atoms. The van der Waals surface area contributed by atoms with Gasteiger partial charge in [0.1, 0.15) is 0 Å². The molecule has 0 atom stereocenters. The number of hydrogen-bond donors (Lipinski definition) is 2. The molecule has 0 aromatic heterocycles. The third kappa shape index (κ3) is 2.00. The first-order chi connectivity index (χ1) is 6.73. The first-order valence-electron chi connectivity index (χ1n) is 5.43. The van der Waals surface area contributed by atoms with Crippen LogP contribution in [0.1, 0.15) is 19.3 Å². The molecule has 1 heterocycles. The second-order valence-electron chi connectivity index (χ2n) is 4.48. The molecule has 1 saturated carbocycles. The van der Waals surface area contributed by atoms with E-state index in [0.29, 0.717) is 5.54 Å². The number of likely N-dealkylation sites (N-methyl/N-ethyl adjacent to an activating group) is 1. The lowest BCUT2D eigenvalue weighted by Gasteiger charge is -2.25. The predicted molar refractivity (Wildman–Crippen MR) is 58.6 cm³/mol. The Kier molecular flexibility index (Phi) is 2.63. The molecule has 1 aliphatic carbocycles. The van der Waals surface area contributed by atoms with E-state index in [1.807, 2.05) is 0 Å². The van der Waals surface area contributed by atoms with Crippen molar-refractivity contribution in [1.82, 2.24) is 15.5 Å². The maximum Gasteiger partial charge on any atom is 0.191 e. The first-order valence-corrected chi connectivity index (χ1v) is 5.43. The second-order valence-corrected chi connectivity index (χ2v) is 4.48. The Hall–Kier alpha value is -0.770. The maximum atomic E-state index is 4.40. The van der Waals surface area contributed by atoms with E-state index in [1.54, 1.807) is 0 Å². The van der Waals surface area contributed by atoms with Gasteiger partial charge in [-0.1, -0.05) is 0 Å². The molecular weight excluding hydrogens is 176 g/mol. The molecule has 2 rings (SSSR count). The van der Waals surface area contributed by atoms with Crippen molar-refractivity contribution < 1.29 is 0 Å². The lowest BCUT2D eigenvalue weighted by atomic mass is 10.2. The van der Waals surface area contributed by atoms with Crippen LogP contribution in [-0.2, 0) is 0 Å². The number of nitrogens with one attached hydrogen (secondary N) is 2. The zero-order valence-corrected chi connectivity index (χ0v) is 9.14. The van der Waals surface area contributed by atoms with Gasteiger partial charge in [-0.2, -0.15) is 0 Å². The van der Waals surface area contributed by atoms with Crippen LogP contribution in [0.15, 0.2) is 4.99 Å². The van der Waals surface area contributed by atoms with E-state index in [-0.39, 0.29) is 0 Å². The minimum atomic E-state index is 0.404. The molecule has 2 aliphatic rings. The van der Waals surface area contributed by atoms with Gasteiger partial charge in [-0.25, -0.2) is 0 Å². The highest BCUT2D eigenvalue weighted by Gasteiger charge is 2.44. The molecule has 14 heavy (non-hydrogen) atoms. The molecule has 0 amide bonds. The number of nitrogens with zero attached hydrogens (tertiary/aromatic N) is 2. The minimum absolute atomic E-state index is 0.404. The zero-order chi connectivity index (χ0) is 10.0. The van der Waals surface area contributed by atoms with Gasteiger partial charge in [0.25, 0.3) is 0 Å². The van der Waals surface area contributed by atoms with E-state index in [9.17, 15) is 0 Å². The van der Waals surface area contributed by atoms with Crippen LogP contribution < -0.4 is 10.6 Å². The van der Waals surface area contributed by atoms with E-state index in [4.69, 9.17) is 0 Å². The van der Waals surface area contributed by atoms with Crippen LogP contribution in [-0.4, -0.2) is 50.1 Å². The molecule has 1 fully saturated rings. The molecule has 0 radical (unpaired) electrons. The highest BCUT2D eigenvalue weighted by Crippen LogP contribution is 2.39. The van der Waals surface area contributed by atoms with Crippen molar-refractivity contribution in [3.05, 3.63) is 0 Å². The van der Waals surface area contributed by atoms with Crippen LogP contribution in [0.5, 0.6) is 0 Å². The molecule has 0 spiro atoms. The standard InChI is InChI=1S/C10H20N4/c1-14(2)10(4-5-10)8-13-9-11-6-3-7-12-9/h3-8H2,1-2H3,(H2,11,12,13). The van der Waals surface area contributed by atoms with Crippen molar-refractivity contribution in [3.8, 4) is 0 Å². The minimum Gasteiger partial charge on any atom is -0.356 e. The van der Waals surface area contributed by atoms with E-state index < -0.39 is 0 Å². The van der Waals surface area contributed by atoms with Crippen LogP contribution in [0.25, 0.3) is 0 Å². The van der Waals surface area contributed by atoms with Crippen LogP contribution in [0, 0.1) is 0 Å². The normalized spacial score (nSPS) is 24.1. The monoisotopic (exact) mass is 196 g/mol. The summed E-state index contributed by atoms with van der Waals surface area (Å²) in [5.74, 6) is 0.990. The Morgan fingerprint density at radius 1 is 1.50 bits per heavy atom. The van der Waals surface area contributed by atoms with E-state index in [2.05, 4.69) is 34.6 Å². The summed E-state index contributed by atoms with van der Waals surface area (Å²) in [6.07, 6.45) is 3.77. The fraction of sp³-hybridized carbons (Fsp3) is 0.900. The summed E-state index contributed by atoms with van der Waals surface area (Å²) in [6, 6.07) is 0. The summed E-state index contributed by atoms with van der Waals surface area (Å²) < 4.78 is 0. The van der Waals surface area contributed by atoms with E-state index in [0.717, 1.165) is 32.0 Å². The Labute approximate surface area is 85.8 Å². The largest absolute Gasteiger partial charge is 0.356 e. The molecular formula is C10H20N4. The molecule has 1 aliphatic heterocycles. The topological polar surface area (TPSA) is 39.7 Å². The Bertz CT molecular complexity index is 230. The van der Waals surface area contributed by atoms with Gasteiger partial charge < -0.3 is 15.5 Å². The summed E-state index contributed by atoms with van der Waals surface area (Å²) in [5.41, 5.74) is 0.404. The summed E-state index contributed by atoms with van der Waals surface area (Å²) in [6.45, 7) is 3.04. The van der Waals surface area contributed by atoms with Gasteiger partial charge in [-0.3, -0.25) is 4.99 Å².